The Kier molecular flexibility index (Phi) is 5.97. The van der Waals surface area contributed by atoms with Crippen LogP contribution in [0.1, 0.15) is 24.8 Å². The van der Waals surface area contributed by atoms with Gasteiger partial charge in [0.05, 0.1) is 16.3 Å². The predicted octanol–water partition coefficient (Wildman–Crippen LogP) is 3.79. The number of hydrogen-bond donors (Lipinski definition) is 0. The average molecular weight is 465 g/mol. The molecular formula is C22H20N6O4S. The molecule has 0 fully saturated rings. The topological polar surface area (TPSA) is 114 Å². The molecule has 0 spiro atoms. The van der Waals surface area contributed by atoms with Crippen LogP contribution in [0.2, 0.25) is 0 Å². The molecule has 10 nitrogen and oxygen atoms in total. The van der Waals surface area contributed by atoms with E-state index in [4.69, 9.17) is 5.10 Å². The maximum Gasteiger partial charge on any atom is 0.269 e. The van der Waals surface area contributed by atoms with Crippen molar-refractivity contribution in [3.05, 3.63) is 76.5 Å². The molecule has 0 saturated carbocycles. The first-order valence-electron chi connectivity index (χ1n) is 9.95. The Morgan fingerprint density at radius 3 is 2.33 bits per heavy atom. The number of nitrogens with zero attached hydrogens (tertiary/aromatic N) is 6. The van der Waals surface area contributed by atoms with Crippen molar-refractivity contribution in [3.63, 3.8) is 0 Å². The normalized spacial score (nSPS) is 15.3. The molecule has 4 rings (SSSR count). The Labute approximate surface area is 193 Å². The van der Waals surface area contributed by atoms with Crippen molar-refractivity contribution in [1.29, 1.82) is 0 Å². The van der Waals surface area contributed by atoms with E-state index in [-0.39, 0.29) is 17.5 Å². The van der Waals surface area contributed by atoms with Gasteiger partial charge < -0.3 is 0 Å². The van der Waals surface area contributed by atoms with Gasteiger partial charge in [-0.2, -0.15) is 5.10 Å². The molecule has 2 amide bonds. The highest BCUT2D eigenvalue weighted by Gasteiger charge is 2.37. The average Bonchev–Trinajstić information content (AvgIpc) is 3.44. The largest absolute Gasteiger partial charge is 0.293 e. The van der Waals surface area contributed by atoms with Gasteiger partial charge in [0.2, 0.25) is 11.8 Å². The zero-order valence-corrected chi connectivity index (χ0v) is 18.9. The number of hydrogen-bond acceptors (Lipinski definition) is 7. The minimum absolute atomic E-state index is 0.0196. The second kappa shape index (κ2) is 8.87. The van der Waals surface area contributed by atoms with Crippen LogP contribution in [0.25, 0.3) is 16.9 Å². The van der Waals surface area contributed by atoms with Crippen LogP contribution in [0.4, 0.5) is 5.69 Å². The van der Waals surface area contributed by atoms with Gasteiger partial charge in [-0.25, -0.2) is 9.69 Å². The highest BCUT2D eigenvalue weighted by atomic mass is 32.2. The number of amides is 2. The molecule has 11 heteroatoms. The molecule has 2 heterocycles. The molecule has 2 aromatic carbocycles. The smallest absolute Gasteiger partial charge is 0.269 e. The van der Waals surface area contributed by atoms with Crippen molar-refractivity contribution in [2.45, 2.75) is 19.2 Å². The second-order valence-corrected chi connectivity index (χ2v) is 8.36. The molecule has 1 unspecified atom stereocenters. The van der Waals surface area contributed by atoms with Crippen molar-refractivity contribution >= 4 is 34.4 Å². The third kappa shape index (κ3) is 4.35. The van der Waals surface area contributed by atoms with Gasteiger partial charge >= 0.3 is 0 Å². The number of amidine groups is 1. The number of aromatic nitrogens is 2. The Hall–Kier alpha value is -3.99. The van der Waals surface area contributed by atoms with E-state index in [1.165, 1.54) is 47.7 Å². The lowest BCUT2D eigenvalue weighted by Crippen LogP contribution is -2.28. The number of carbonyl (C=O) groups is 2. The Balaban J connectivity index is 1.80. The molecule has 1 atom stereocenters. The Morgan fingerprint density at radius 2 is 1.76 bits per heavy atom. The van der Waals surface area contributed by atoms with E-state index >= 15 is 0 Å². The zero-order valence-electron chi connectivity index (χ0n) is 18.1. The summed E-state index contributed by atoms with van der Waals surface area (Å²) in [6, 6.07) is 15.5. The van der Waals surface area contributed by atoms with Crippen LogP contribution in [-0.4, -0.2) is 48.6 Å². The highest BCUT2D eigenvalue weighted by molar-refractivity contribution is 8.14. The van der Waals surface area contributed by atoms with Gasteiger partial charge in [-0.3, -0.25) is 24.6 Å². The van der Waals surface area contributed by atoms with E-state index in [0.717, 1.165) is 11.1 Å². The predicted molar refractivity (Wildman–Crippen MR) is 124 cm³/mol. The van der Waals surface area contributed by atoms with E-state index in [1.54, 1.807) is 30.1 Å². The molecule has 0 N–H and O–H groups in total. The van der Waals surface area contributed by atoms with Gasteiger partial charge in [0.15, 0.2) is 5.17 Å². The van der Waals surface area contributed by atoms with Crippen LogP contribution < -0.4 is 0 Å². The molecule has 1 aliphatic heterocycles. The van der Waals surface area contributed by atoms with Gasteiger partial charge in [0.1, 0.15) is 5.37 Å². The number of thioether (sulfide) groups is 1. The van der Waals surface area contributed by atoms with E-state index in [9.17, 15) is 19.7 Å². The molecule has 33 heavy (non-hydrogen) atoms. The van der Waals surface area contributed by atoms with Gasteiger partial charge in [0.25, 0.3) is 5.69 Å². The summed E-state index contributed by atoms with van der Waals surface area (Å²) in [5.74, 6) is -0.475. The number of benzene rings is 2. The molecule has 0 aliphatic carbocycles. The summed E-state index contributed by atoms with van der Waals surface area (Å²) in [6.45, 7) is 2.84. The Morgan fingerprint density at radius 1 is 1.09 bits per heavy atom. The summed E-state index contributed by atoms with van der Waals surface area (Å²) < 4.78 is 1.62. The van der Waals surface area contributed by atoms with Gasteiger partial charge in [0, 0.05) is 50.4 Å². The monoisotopic (exact) mass is 464 g/mol. The number of rotatable bonds is 4. The Bertz CT molecular complexity index is 1260. The maximum atomic E-state index is 12.4. The highest BCUT2D eigenvalue weighted by Crippen LogP contribution is 2.43. The minimum Gasteiger partial charge on any atom is -0.293 e. The van der Waals surface area contributed by atoms with Crippen LogP contribution in [-0.2, 0) is 9.59 Å². The fourth-order valence-electron chi connectivity index (χ4n) is 3.28. The first-order chi connectivity index (χ1) is 15.8. The molecule has 168 valence electrons. The SMILES string of the molecule is CC(=O)N(C)C1=NN(C(C)=O)C(c2cn(-c3ccc([N+](=O)[O-])cc3)nc2-c2ccccc2)S1. The zero-order chi connectivity index (χ0) is 23.7. The molecule has 1 aliphatic rings. The lowest BCUT2D eigenvalue weighted by Gasteiger charge is -2.19. The first-order valence-corrected chi connectivity index (χ1v) is 10.8. The fourth-order valence-corrected chi connectivity index (χ4v) is 4.49. The standard InChI is InChI=1S/C22H20N6O4S/c1-14(29)25(3)22-24-27(15(2)30)21(33-22)19-13-26(17-9-11-18(12-10-17)28(31)32)23-20(19)16-7-5-4-6-8-16/h4-13,21H,1-3H3. The summed E-state index contributed by atoms with van der Waals surface area (Å²) in [5.41, 5.74) is 2.80. The van der Waals surface area contributed by atoms with Gasteiger partial charge in [-0.15, -0.1) is 5.10 Å². The van der Waals surface area contributed by atoms with Crippen LogP contribution in [0, 0.1) is 10.1 Å². The first kappa shape index (κ1) is 22.2. The lowest BCUT2D eigenvalue weighted by molar-refractivity contribution is -0.384. The number of nitro benzene ring substituents is 1. The summed E-state index contributed by atoms with van der Waals surface area (Å²) in [6.07, 6.45) is 1.78. The summed E-state index contributed by atoms with van der Waals surface area (Å²) in [7, 11) is 1.60. The van der Waals surface area contributed by atoms with E-state index < -0.39 is 10.3 Å². The van der Waals surface area contributed by atoms with Crippen LogP contribution in [0.5, 0.6) is 0 Å². The van der Waals surface area contributed by atoms with Crippen molar-refractivity contribution < 1.29 is 14.5 Å². The molecule has 0 radical (unpaired) electrons. The van der Waals surface area contributed by atoms with E-state index in [2.05, 4.69) is 5.10 Å². The number of hydrazone groups is 1. The molecule has 1 aromatic heterocycles. The van der Waals surface area contributed by atoms with E-state index in [1.807, 2.05) is 30.3 Å². The van der Waals surface area contributed by atoms with Gasteiger partial charge in [-0.05, 0) is 12.1 Å². The molecular weight excluding hydrogens is 444 g/mol. The molecule has 0 bridgehead atoms. The maximum absolute atomic E-state index is 12.4. The molecule has 0 saturated heterocycles. The minimum atomic E-state index is -0.540. The fraction of sp³-hybridized carbons (Fsp3) is 0.182. The number of carbonyl (C=O) groups excluding carboxylic acids is 2. The van der Waals surface area contributed by atoms with Gasteiger partial charge in [-0.1, -0.05) is 42.1 Å². The van der Waals surface area contributed by atoms with Crippen molar-refractivity contribution in [3.8, 4) is 16.9 Å². The van der Waals surface area contributed by atoms with Crippen LogP contribution in [0.3, 0.4) is 0 Å². The number of nitro groups is 1. The summed E-state index contributed by atoms with van der Waals surface area (Å²) in [5, 5.41) is 21.3. The quantitative estimate of drug-likeness (QED) is 0.429. The van der Waals surface area contributed by atoms with E-state index in [0.29, 0.717) is 16.5 Å². The van der Waals surface area contributed by atoms with Crippen molar-refractivity contribution in [1.82, 2.24) is 19.7 Å². The summed E-state index contributed by atoms with van der Waals surface area (Å²) in [4.78, 5) is 36.2. The second-order valence-electron chi connectivity index (χ2n) is 7.31. The number of non-ortho nitro benzene ring substituents is 1. The third-order valence-corrected chi connectivity index (χ3v) is 6.34. The molecule has 3 aromatic rings. The third-order valence-electron chi connectivity index (χ3n) is 5.10. The lowest BCUT2D eigenvalue weighted by atomic mass is 10.1. The summed E-state index contributed by atoms with van der Waals surface area (Å²) >= 11 is 1.28. The van der Waals surface area contributed by atoms with Crippen molar-refractivity contribution in [2.24, 2.45) is 5.10 Å². The van der Waals surface area contributed by atoms with Crippen molar-refractivity contribution in [2.75, 3.05) is 7.05 Å². The van der Waals surface area contributed by atoms with Crippen LogP contribution in [0.15, 0.2) is 65.9 Å². The van der Waals surface area contributed by atoms with Crippen LogP contribution >= 0.6 is 11.8 Å².